The molecule has 0 saturated carbocycles. The van der Waals surface area contributed by atoms with Crippen LogP contribution in [0.4, 0.5) is 14.6 Å². The molecule has 5 rings (SSSR count). The largest absolute Gasteiger partial charge is 0.462 e. The quantitative estimate of drug-likeness (QED) is 0.295. The fraction of sp³-hybridized carbons (Fsp3) is 0.433. The maximum Gasteiger partial charge on any atom is 0.318 e. The monoisotopic (exact) mass is 535 g/mol. The summed E-state index contributed by atoms with van der Waals surface area (Å²) in [5.74, 6) is -1.91. The van der Waals surface area contributed by atoms with E-state index < -0.39 is 11.7 Å². The summed E-state index contributed by atoms with van der Waals surface area (Å²) in [7, 11) is 2.07. The van der Waals surface area contributed by atoms with Gasteiger partial charge in [-0.05, 0) is 73.5 Å². The Hall–Kier alpha value is -3.59. The zero-order valence-corrected chi connectivity index (χ0v) is 22.7. The van der Waals surface area contributed by atoms with Crippen LogP contribution in [0.1, 0.15) is 37.8 Å². The second-order valence-electron chi connectivity index (χ2n) is 11.3. The molecule has 2 aromatic carbocycles. The van der Waals surface area contributed by atoms with Crippen LogP contribution >= 0.6 is 0 Å². The highest BCUT2D eigenvalue weighted by Crippen LogP contribution is 2.42. The molecule has 2 heterocycles. The number of amides is 1. The van der Waals surface area contributed by atoms with Gasteiger partial charge in [0.25, 0.3) is 5.91 Å². The second-order valence-corrected chi connectivity index (χ2v) is 11.3. The summed E-state index contributed by atoms with van der Waals surface area (Å²) in [5.41, 5.74) is 4.49. The van der Waals surface area contributed by atoms with Crippen LogP contribution in [0.3, 0.4) is 0 Å². The van der Waals surface area contributed by atoms with E-state index in [1.54, 1.807) is 6.07 Å². The second kappa shape index (κ2) is 10.9. The Morgan fingerprint density at radius 1 is 1.21 bits per heavy atom. The summed E-state index contributed by atoms with van der Waals surface area (Å²) in [4.78, 5) is 22.9. The zero-order chi connectivity index (χ0) is 27.7. The summed E-state index contributed by atoms with van der Waals surface area (Å²) in [6.07, 6.45) is 4.00. The third kappa shape index (κ3) is 5.88. The number of hydrogen-bond donors (Lipinski definition) is 2. The molecule has 0 radical (unpaired) electrons. The van der Waals surface area contributed by atoms with Gasteiger partial charge < -0.3 is 20.3 Å². The van der Waals surface area contributed by atoms with Crippen LogP contribution in [-0.2, 0) is 17.6 Å². The van der Waals surface area contributed by atoms with Crippen LogP contribution < -0.4 is 15.4 Å². The van der Waals surface area contributed by atoms with Gasteiger partial charge in [-0.3, -0.25) is 4.79 Å². The predicted molar refractivity (Wildman–Crippen MR) is 149 cm³/mol. The molecule has 2 N–H and O–H groups in total. The highest BCUT2D eigenvalue weighted by atomic mass is 19.1. The smallest absolute Gasteiger partial charge is 0.318 e. The molecule has 3 aromatic rings. The molecule has 1 saturated heterocycles. The number of hydrogen-bond acceptors (Lipinski definition) is 6. The summed E-state index contributed by atoms with van der Waals surface area (Å²) in [6.45, 7) is 9.30. The molecule has 0 bridgehead atoms. The van der Waals surface area contributed by atoms with E-state index in [0.717, 1.165) is 37.8 Å². The maximum atomic E-state index is 15.7. The Labute approximate surface area is 227 Å². The highest BCUT2D eigenvalue weighted by Gasteiger charge is 2.31. The lowest BCUT2D eigenvalue weighted by atomic mass is 9.89. The van der Waals surface area contributed by atoms with Crippen molar-refractivity contribution in [3.05, 3.63) is 59.7 Å². The van der Waals surface area contributed by atoms with Crippen molar-refractivity contribution in [3.8, 4) is 17.1 Å². The van der Waals surface area contributed by atoms with Crippen molar-refractivity contribution < 1.29 is 18.3 Å². The van der Waals surface area contributed by atoms with Crippen LogP contribution in [0, 0.1) is 11.2 Å². The Balaban J connectivity index is 1.48. The van der Waals surface area contributed by atoms with Crippen LogP contribution in [0.5, 0.6) is 6.01 Å². The number of benzene rings is 2. The van der Waals surface area contributed by atoms with Crippen molar-refractivity contribution in [1.82, 2.24) is 20.2 Å². The minimum atomic E-state index is -1.06. The number of aromatic nitrogens is 2. The van der Waals surface area contributed by atoms with E-state index in [4.69, 9.17) is 4.74 Å². The number of carbonyl (C=O) groups excluding carboxylic acids is 1. The van der Waals surface area contributed by atoms with Crippen molar-refractivity contribution in [2.45, 2.75) is 45.6 Å². The summed E-state index contributed by atoms with van der Waals surface area (Å²) in [5, 5.41) is 6.04. The fourth-order valence-electron chi connectivity index (χ4n) is 5.67. The van der Waals surface area contributed by atoms with Crippen molar-refractivity contribution in [3.63, 3.8) is 0 Å². The number of halogens is 2. The number of rotatable bonds is 9. The summed E-state index contributed by atoms with van der Waals surface area (Å²) >= 11 is 0. The van der Waals surface area contributed by atoms with Gasteiger partial charge in [0.05, 0.1) is 5.52 Å². The molecule has 1 atom stereocenters. The normalized spacial score (nSPS) is 18.2. The molecule has 2 aliphatic rings. The molecule has 206 valence electrons. The molecular formula is C30H35F2N5O2. The van der Waals surface area contributed by atoms with Gasteiger partial charge in [-0.2, -0.15) is 9.97 Å². The van der Waals surface area contributed by atoms with Crippen LogP contribution in [0.25, 0.3) is 22.0 Å². The van der Waals surface area contributed by atoms with Gasteiger partial charge in [0.2, 0.25) is 0 Å². The van der Waals surface area contributed by atoms with Gasteiger partial charge in [-0.25, -0.2) is 8.78 Å². The number of fused-ring (bicyclic) bond motifs is 2. The average molecular weight is 536 g/mol. The number of nitrogens with one attached hydrogen (secondary N) is 2. The first-order valence-corrected chi connectivity index (χ1v) is 13.4. The SMILES string of the molecule is C=C(F)C(=O)NCCNc1nc(OC[C@@H]2CCCN2C)nc2cc(-c3cccc4c3CC(C)(C)C4)c(F)cc12. The van der Waals surface area contributed by atoms with E-state index in [9.17, 15) is 9.18 Å². The van der Waals surface area contributed by atoms with Crippen LogP contribution in [-0.4, -0.2) is 60.1 Å². The molecular weight excluding hydrogens is 500 g/mol. The topological polar surface area (TPSA) is 79.4 Å². The van der Waals surface area contributed by atoms with Crippen molar-refractivity contribution in [1.29, 1.82) is 0 Å². The highest BCUT2D eigenvalue weighted by molar-refractivity contribution is 5.93. The molecule has 1 aromatic heterocycles. The van der Waals surface area contributed by atoms with E-state index in [1.807, 2.05) is 12.1 Å². The number of carbonyl (C=O) groups is 1. The Morgan fingerprint density at radius 2 is 2.03 bits per heavy atom. The lowest BCUT2D eigenvalue weighted by molar-refractivity contribution is -0.118. The van der Waals surface area contributed by atoms with E-state index in [2.05, 4.69) is 59.0 Å². The molecule has 7 nitrogen and oxygen atoms in total. The lowest BCUT2D eigenvalue weighted by Gasteiger charge is -2.19. The fourth-order valence-corrected chi connectivity index (χ4v) is 5.67. The summed E-state index contributed by atoms with van der Waals surface area (Å²) < 4.78 is 34.7. The first kappa shape index (κ1) is 27.0. The number of likely N-dealkylation sites (N-methyl/N-ethyl adjacent to an activating group) is 1. The lowest BCUT2D eigenvalue weighted by Crippen LogP contribution is -2.31. The van der Waals surface area contributed by atoms with Gasteiger partial charge in [0.1, 0.15) is 18.2 Å². The molecule has 0 spiro atoms. The number of ether oxygens (including phenoxy) is 1. The molecule has 0 unspecified atom stereocenters. The minimum absolute atomic E-state index is 0.128. The third-order valence-electron chi connectivity index (χ3n) is 7.68. The van der Waals surface area contributed by atoms with Gasteiger partial charge >= 0.3 is 6.01 Å². The molecule has 39 heavy (non-hydrogen) atoms. The number of nitrogens with zero attached hydrogens (tertiary/aromatic N) is 3. The van der Waals surface area contributed by atoms with E-state index in [1.165, 1.54) is 17.2 Å². The summed E-state index contributed by atoms with van der Waals surface area (Å²) in [6, 6.07) is 9.77. The first-order valence-electron chi connectivity index (χ1n) is 13.4. The van der Waals surface area contributed by atoms with Crippen LogP contribution in [0.2, 0.25) is 0 Å². The van der Waals surface area contributed by atoms with E-state index in [-0.39, 0.29) is 36.4 Å². The molecule has 1 amide bonds. The Morgan fingerprint density at radius 3 is 2.77 bits per heavy atom. The Kier molecular flexibility index (Phi) is 7.53. The molecule has 1 aliphatic carbocycles. The van der Waals surface area contributed by atoms with Gasteiger partial charge in [0, 0.05) is 30.1 Å². The standard InChI is InChI=1S/C30H35F2N5O2/c1-18(31)28(38)34-11-10-33-27-23-13-25(32)22(21-9-5-7-19-15-30(2,3)16-24(19)21)14-26(23)35-29(36-27)39-17-20-8-6-12-37(20)4/h5,7,9,13-14,20H,1,6,8,10-12,15-17H2,2-4H3,(H,34,38)(H,33,35,36)/t20-/m0/s1. The predicted octanol–water partition coefficient (Wildman–Crippen LogP) is 5.05. The Bertz CT molecular complexity index is 1420. The number of anilines is 1. The molecule has 1 aliphatic heterocycles. The molecule has 9 heteroatoms. The first-order chi connectivity index (χ1) is 18.6. The van der Waals surface area contributed by atoms with Crippen molar-refractivity contribution in [2.24, 2.45) is 5.41 Å². The third-order valence-corrected chi connectivity index (χ3v) is 7.68. The average Bonchev–Trinajstić information content (AvgIpc) is 3.45. The van der Waals surface area contributed by atoms with Gasteiger partial charge in [-0.15, -0.1) is 0 Å². The van der Waals surface area contributed by atoms with E-state index in [0.29, 0.717) is 28.9 Å². The minimum Gasteiger partial charge on any atom is -0.462 e. The van der Waals surface area contributed by atoms with Crippen molar-refractivity contribution in [2.75, 3.05) is 38.6 Å². The van der Waals surface area contributed by atoms with Gasteiger partial charge in [0.15, 0.2) is 5.83 Å². The van der Waals surface area contributed by atoms with E-state index >= 15 is 4.39 Å². The van der Waals surface area contributed by atoms with Crippen molar-refractivity contribution >= 4 is 22.6 Å². The van der Waals surface area contributed by atoms with Gasteiger partial charge in [-0.1, -0.05) is 38.6 Å². The maximum absolute atomic E-state index is 15.7. The van der Waals surface area contributed by atoms with Crippen LogP contribution in [0.15, 0.2) is 42.7 Å². The molecule has 1 fully saturated rings. The number of likely N-dealkylation sites (tertiary alicyclic amines) is 1. The zero-order valence-electron chi connectivity index (χ0n) is 22.7.